The molecule has 50 heavy (non-hydrogen) atoms. The van der Waals surface area contributed by atoms with Gasteiger partial charge in [0.15, 0.2) is 0 Å². The number of hydrogen-bond acceptors (Lipinski definition) is 7. The first kappa shape index (κ1) is 34.1. The molecule has 0 spiro atoms. The third-order valence-electron chi connectivity index (χ3n) is 8.45. The lowest BCUT2D eigenvalue weighted by Crippen LogP contribution is -2.26. The number of carbonyl (C=O) groups is 2. The molecule has 0 aliphatic carbocycles. The number of carboxylic acids is 1. The fourth-order valence-corrected chi connectivity index (χ4v) is 6.65. The predicted molar refractivity (Wildman–Crippen MR) is 189 cm³/mol. The predicted octanol–water partition coefficient (Wildman–Crippen LogP) is 7.24. The van der Waals surface area contributed by atoms with E-state index in [4.69, 9.17) is 9.40 Å². The Morgan fingerprint density at radius 2 is 1.76 bits per heavy atom. The normalized spacial score (nSPS) is 13.5. The summed E-state index contributed by atoms with van der Waals surface area (Å²) >= 11 is 0. The zero-order chi connectivity index (χ0) is 36.1. The Bertz CT molecular complexity index is 2420. The van der Waals surface area contributed by atoms with E-state index in [0.717, 1.165) is 10.6 Å². The second kappa shape index (κ2) is 12.9. The number of anilines is 2. The number of rotatable bonds is 7. The fourth-order valence-electron chi connectivity index (χ4n) is 6.14. The lowest BCUT2D eigenvalue weighted by Gasteiger charge is -2.30. The summed E-state index contributed by atoms with van der Waals surface area (Å²) in [5.41, 5.74) is 3.43. The molecule has 1 aliphatic rings. The minimum atomic E-state index is -3.81. The summed E-state index contributed by atoms with van der Waals surface area (Å²) in [7, 11) is -0.980. The molecule has 14 heteroatoms. The van der Waals surface area contributed by atoms with Gasteiger partial charge in [-0.25, -0.2) is 22.2 Å². The van der Waals surface area contributed by atoms with E-state index in [2.05, 4.69) is 10.6 Å². The van der Waals surface area contributed by atoms with Crippen LogP contribution in [0.4, 0.5) is 20.2 Å². The van der Waals surface area contributed by atoms with Crippen molar-refractivity contribution in [2.45, 2.75) is 26.4 Å². The molecule has 0 fully saturated rings. The van der Waals surface area contributed by atoms with Crippen LogP contribution in [0.25, 0.3) is 55.8 Å². The molecule has 4 heterocycles. The summed E-state index contributed by atoms with van der Waals surface area (Å²) in [5.74, 6) is -2.34. The van der Waals surface area contributed by atoms with Crippen LogP contribution in [0.15, 0.2) is 77.2 Å². The molecule has 3 aromatic carbocycles. The van der Waals surface area contributed by atoms with E-state index in [1.165, 1.54) is 50.5 Å². The SMILES string of the molecule is CC.CNC(=O)c1c(-c2ccc(F)cc2)oc2cc(N(C)S(C)(=O)=O)c(-c3ccc4c(n3)-c3cc5c(F)cccc5n3C(CC(=O)O)N4)cc12. The number of nitrogens with zero attached hydrogens (tertiary/aromatic N) is 3. The van der Waals surface area contributed by atoms with Gasteiger partial charge in [-0.1, -0.05) is 19.9 Å². The Kier molecular flexibility index (Phi) is 8.82. The Morgan fingerprint density at radius 3 is 2.42 bits per heavy atom. The van der Waals surface area contributed by atoms with Crippen molar-refractivity contribution >= 4 is 55.1 Å². The number of carboxylic acid groups (broad SMARTS) is 1. The molecule has 1 atom stereocenters. The number of carbonyl (C=O) groups excluding carboxylic acids is 1. The van der Waals surface area contributed by atoms with Crippen LogP contribution in [0.3, 0.4) is 0 Å². The van der Waals surface area contributed by atoms with E-state index >= 15 is 0 Å². The second-order valence-electron chi connectivity index (χ2n) is 11.4. The highest BCUT2D eigenvalue weighted by Crippen LogP contribution is 2.45. The number of aromatic nitrogens is 2. The highest BCUT2D eigenvalue weighted by atomic mass is 32.2. The van der Waals surface area contributed by atoms with E-state index < -0.39 is 39.7 Å². The number of halogens is 2. The molecule has 0 saturated carbocycles. The van der Waals surface area contributed by atoms with Crippen LogP contribution in [-0.4, -0.2) is 55.3 Å². The van der Waals surface area contributed by atoms with Crippen LogP contribution >= 0.6 is 0 Å². The number of benzene rings is 3. The molecular weight excluding hydrogens is 668 g/mol. The van der Waals surface area contributed by atoms with E-state index in [1.807, 2.05) is 13.8 Å². The third kappa shape index (κ3) is 5.81. The van der Waals surface area contributed by atoms with Crippen molar-refractivity contribution in [2.24, 2.45) is 0 Å². The van der Waals surface area contributed by atoms with E-state index in [-0.39, 0.29) is 34.4 Å². The first-order chi connectivity index (χ1) is 23.8. The Balaban J connectivity index is 0.00000212. The molecule has 0 radical (unpaired) electrons. The van der Waals surface area contributed by atoms with Gasteiger partial charge in [-0.15, -0.1) is 0 Å². The Morgan fingerprint density at radius 1 is 1.04 bits per heavy atom. The first-order valence-corrected chi connectivity index (χ1v) is 17.5. The fraction of sp³-hybridized carbons (Fsp3) is 0.194. The summed E-state index contributed by atoms with van der Waals surface area (Å²) in [4.78, 5) is 30.0. The van der Waals surface area contributed by atoms with E-state index in [1.54, 1.807) is 41.0 Å². The van der Waals surface area contributed by atoms with Crippen molar-refractivity contribution in [3.63, 3.8) is 0 Å². The molecule has 3 N–H and O–H groups in total. The Hall–Kier alpha value is -5.76. The van der Waals surface area contributed by atoms with Crippen molar-refractivity contribution in [2.75, 3.05) is 30.0 Å². The highest BCUT2D eigenvalue weighted by Gasteiger charge is 2.31. The average molecular weight is 702 g/mol. The number of furan rings is 1. The van der Waals surface area contributed by atoms with Gasteiger partial charge in [-0.05, 0) is 60.7 Å². The number of aliphatic carboxylic acids is 1. The zero-order valence-corrected chi connectivity index (χ0v) is 28.5. The van der Waals surface area contributed by atoms with Gasteiger partial charge in [0.25, 0.3) is 5.91 Å². The molecule has 11 nitrogen and oxygen atoms in total. The summed E-state index contributed by atoms with van der Waals surface area (Å²) in [5, 5.41) is 16.1. The van der Waals surface area contributed by atoms with Crippen LogP contribution < -0.4 is 14.9 Å². The monoisotopic (exact) mass is 701 g/mol. The van der Waals surface area contributed by atoms with Crippen LogP contribution in [0, 0.1) is 11.6 Å². The molecule has 3 aromatic heterocycles. The maximum Gasteiger partial charge on any atom is 0.307 e. The minimum Gasteiger partial charge on any atom is -0.481 e. The lowest BCUT2D eigenvalue weighted by molar-refractivity contribution is -0.137. The van der Waals surface area contributed by atoms with Gasteiger partial charge in [0, 0.05) is 42.1 Å². The van der Waals surface area contributed by atoms with Gasteiger partial charge in [0.05, 0.1) is 46.5 Å². The molecule has 258 valence electrons. The maximum absolute atomic E-state index is 15.0. The molecule has 0 bridgehead atoms. The smallest absolute Gasteiger partial charge is 0.307 e. The molecule has 1 unspecified atom stereocenters. The van der Waals surface area contributed by atoms with Crippen LogP contribution in [0.5, 0.6) is 0 Å². The largest absolute Gasteiger partial charge is 0.481 e. The van der Waals surface area contributed by atoms with Crippen LogP contribution in [0.2, 0.25) is 0 Å². The van der Waals surface area contributed by atoms with Gasteiger partial charge in [0.2, 0.25) is 10.0 Å². The van der Waals surface area contributed by atoms with Crippen molar-refractivity contribution in [3.05, 3.63) is 90.0 Å². The topological polar surface area (TPSA) is 147 Å². The van der Waals surface area contributed by atoms with E-state index in [9.17, 15) is 31.9 Å². The first-order valence-electron chi connectivity index (χ1n) is 15.7. The minimum absolute atomic E-state index is 0.153. The van der Waals surface area contributed by atoms with Gasteiger partial charge in [0.1, 0.15) is 34.8 Å². The molecule has 7 rings (SSSR count). The quantitative estimate of drug-likeness (QED) is 0.158. The third-order valence-corrected chi connectivity index (χ3v) is 9.64. The van der Waals surface area contributed by atoms with Gasteiger partial charge in [-0.3, -0.25) is 13.9 Å². The summed E-state index contributed by atoms with van der Waals surface area (Å²) in [6.07, 6.45) is 0.00213. The number of pyridine rings is 1. The zero-order valence-electron chi connectivity index (χ0n) is 27.7. The van der Waals surface area contributed by atoms with Gasteiger partial charge < -0.3 is 24.7 Å². The van der Waals surface area contributed by atoms with E-state index in [0.29, 0.717) is 44.8 Å². The number of nitrogens with one attached hydrogen (secondary N) is 2. The molecule has 6 aromatic rings. The summed E-state index contributed by atoms with van der Waals surface area (Å²) < 4.78 is 63.4. The molecule has 0 saturated heterocycles. The van der Waals surface area contributed by atoms with Crippen LogP contribution in [0.1, 0.15) is 36.8 Å². The van der Waals surface area contributed by atoms with Gasteiger partial charge >= 0.3 is 5.97 Å². The Labute approximate surface area is 286 Å². The van der Waals surface area contributed by atoms with Gasteiger partial charge in [-0.2, -0.15) is 0 Å². The van der Waals surface area contributed by atoms with Crippen molar-refractivity contribution < 1.29 is 36.3 Å². The number of fused-ring (bicyclic) bond motifs is 6. The standard InChI is InChI=1S/C34H27F2N5O6S.C2H6/c1-37-34(44)31-21-13-20(26(40(2)48(3,45)46)15-28(21)47-33(31)17-7-9-18(35)10-8-17)23-11-12-24-32(39-23)27-14-19-22(36)5-4-6-25(19)41(27)29(38-24)16-30(42)43;1-2/h4-15,29,38H,16H2,1-3H3,(H,37,44)(H,42,43);1-2H3. The maximum atomic E-state index is 15.0. The molecular formula is C36H33F2N5O6S. The molecule has 1 aliphatic heterocycles. The number of amides is 1. The average Bonchev–Trinajstić information content (AvgIpc) is 3.68. The summed E-state index contributed by atoms with van der Waals surface area (Å²) in [6, 6.07) is 18.0. The van der Waals surface area contributed by atoms with Crippen molar-refractivity contribution in [1.82, 2.24) is 14.9 Å². The van der Waals surface area contributed by atoms with Crippen molar-refractivity contribution in [3.8, 4) is 34.0 Å². The highest BCUT2D eigenvalue weighted by molar-refractivity contribution is 7.92. The number of hydrogen-bond donors (Lipinski definition) is 3. The van der Waals surface area contributed by atoms with Crippen molar-refractivity contribution in [1.29, 1.82) is 0 Å². The van der Waals surface area contributed by atoms with Crippen LogP contribution in [-0.2, 0) is 14.8 Å². The number of sulfonamides is 1. The second-order valence-corrected chi connectivity index (χ2v) is 13.4. The summed E-state index contributed by atoms with van der Waals surface area (Å²) in [6.45, 7) is 4.00. The molecule has 1 amide bonds. The lowest BCUT2D eigenvalue weighted by atomic mass is 10.00.